The van der Waals surface area contributed by atoms with Gasteiger partial charge in [0, 0.05) is 6.61 Å². The van der Waals surface area contributed by atoms with E-state index in [1.165, 1.54) is 0 Å². The Bertz CT molecular complexity index is 355. The zero-order chi connectivity index (χ0) is 10.8. The van der Waals surface area contributed by atoms with Crippen LogP contribution in [0.4, 0.5) is 17.3 Å². The molecule has 0 spiro atoms. The van der Waals surface area contributed by atoms with Crippen LogP contribution >= 0.6 is 0 Å². The van der Waals surface area contributed by atoms with Gasteiger partial charge in [-0.15, -0.1) is 0 Å². The molecule has 0 amide bonds. The molecule has 82 valence electrons. The van der Waals surface area contributed by atoms with Crippen LogP contribution in [0, 0.1) is 0 Å². The third-order valence-corrected chi connectivity index (χ3v) is 2.67. The number of nitrogens with zero attached hydrogens (tertiary/aromatic N) is 1. The van der Waals surface area contributed by atoms with Crippen molar-refractivity contribution in [1.29, 1.82) is 0 Å². The van der Waals surface area contributed by atoms with Crippen molar-refractivity contribution in [2.45, 2.75) is 25.5 Å². The maximum atomic E-state index is 5.62. The number of nitrogens with one attached hydrogen (secondary N) is 1. The maximum absolute atomic E-state index is 5.62. The summed E-state index contributed by atoms with van der Waals surface area (Å²) >= 11 is 0. The Labute approximate surface area is 88.8 Å². The zero-order valence-corrected chi connectivity index (χ0v) is 8.73. The lowest BCUT2D eigenvalue weighted by Crippen LogP contribution is -2.27. The standard InChI is InChI=1S/C10H16N4O/c1-6-8(4-5-15-6)13-9-3-2-7(11)10(12)14-9/h2-3,6,8H,4-5,11H2,1H3,(H3,12,13,14). The molecule has 2 atom stereocenters. The summed E-state index contributed by atoms with van der Waals surface area (Å²) < 4.78 is 5.45. The van der Waals surface area contributed by atoms with Crippen molar-refractivity contribution in [2.24, 2.45) is 0 Å². The highest BCUT2D eigenvalue weighted by molar-refractivity contribution is 5.61. The number of aromatic nitrogens is 1. The highest BCUT2D eigenvalue weighted by atomic mass is 16.5. The molecule has 0 aliphatic carbocycles. The van der Waals surface area contributed by atoms with Crippen molar-refractivity contribution < 1.29 is 4.74 Å². The van der Waals surface area contributed by atoms with E-state index < -0.39 is 0 Å². The van der Waals surface area contributed by atoms with Crippen molar-refractivity contribution in [3.8, 4) is 0 Å². The Hall–Kier alpha value is -1.49. The largest absolute Gasteiger partial charge is 0.396 e. The Morgan fingerprint density at radius 1 is 1.47 bits per heavy atom. The second-order valence-corrected chi connectivity index (χ2v) is 3.79. The summed E-state index contributed by atoms with van der Waals surface area (Å²) in [6, 6.07) is 3.89. The second kappa shape index (κ2) is 3.94. The van der Waals surface area contributed by atoms with Crippen molar-refractivity contribution in [3.63, 3.8) is 0 Å². The molecule has 1 aliphatic rings. The van der Waals surface area contributed by atoms with Crippen LogP contribution in [-0.4, -0.2) is 23.7 Å². The summed E-state index contributed by atoms with van der Waals surface area (Å²) in [6.45, 7) is 2.84. The van der Waals surface area contributed by atoms with Gasteiger partial charge in [-0.1, -0.05) is 0 Å². The molecule has 1 aromatic rings. The fraction of sp³-hybridized carbons (Fsp3) is 0.500. The molecule has 0 radical (unpaired) electrons. The highest BCUT2D eigenvalue weighted by Gasteiger charge is 2.24. The summed E-state index contributed by atoms with van der Waals surface area (Å²) in [5.41, 5.74) is 11.7. The summed E-state index contributed by atoms with van der Waals surface area (Å²) in [5, 5.41) is 3.29. The molecule has 1 saturated heterocycles. The van der Waals surface area contributed by atoms with Gasteiger partial charge in [0.2, 0.25) is 0 Å². The molecule has 2 rings (SSSR count). The van der Waals surface area contributed by atoms with E-state index in [1.807, 2.05) is 13.0 Å². The van der Waals surface area contributed by atoms with Crippen molar-refractivity contribution in [1.82, 2.24) is 4.98 Å². The van der Waals surface area contributed by atoms with Gasteiger partial charge in [0.05, 0.1) is 17.8 Å². The lowest BCUT2D eigenvalue weighted by molar-refractivity contribution is 0.121. The van der Waals surface area contributed by atoms with Crippen LogP contribution in [0.1, 0.15) is 13.3 Å². The minimum atomic E-state index is 0.213. The van der Waals surface area contributed by atoms with E-state index in [4.69, 9.17) is 16.2 Å². The molecule has 2 unspecified atom stereocenters. The average molecular weight is 208 g/mol. The zero-order valence-electron chi connectivity index (χ0n) is 8.73. The van der Waals surface area contributed by atoms with E-state index in [0.717, 1.165) is 18.8 Å². The summed E-state index contributed by atoms with van der Waals surface area (Å²) in [7, 11) is 0. The first-order valence-corrected chi connectivity index (χ1v) is 5.07. The molecule has 2 heterocycles. The number of anilines is 3. The van der Waals surface area contributed by atoms with Crippen LogP contribution in [0.15, 0.2) is 12.1 Å². The smallest absolute Gasteiger partial charge is 0.149 e. The van der Waals surface area contributed by atoms with Gasteiger partial charge in [-0.05, 0) is 25.5 Å². The molecule has 0 bridgehead atoms. The lowest BCUT2D eigenvalue weighted by Gasteiger charge is -2.16. The number of nitrogen functional groups attached to an aromatic ring is 2. The first-order chi connectivity index (χ1) is 7.16. The van der Waals surface area contributed by atoms with Gasteiger partial charge in [-0.2, -0.15) is 0 Å². The molecule has 0 aromatic carbocycles. The van der Waals surface area contributed by atoms with E-state index >= 15 is 0 Å². The molecular formula is C10H16N4O. The first-order valence-electron chi connectivity index (χ1n) is 5.07. The minimum Gasteiger partial charge on any atom is -0.396 e. The molecule has 15 heavy (non-hydrogen) atoms. The van der Waals surface area contributed by atoms with Gasteiger partial charge >= 0.3 is 0 Å². The second-order valence-electron chi connectivity index (χ2n) is 3.79. The van der Waals surface area contributed by atoms with Gasteiger partial charge in [0.15, 0.2) is 0 Å². The first kappa shape index (κ1) is 10.0. The SMILES string of the molecule is CC1OCCC1Nc1ccc(N)c(N)n1. The normalized spacial score (nSPS) is 25.4. The van der Waals surface area contributed by atoms with Gasteiger partial charge in [0.25, 0.3) is 0 Å². The van der Waals surface area contributed by atoms with Crippen LogP contribution in [-0.2, 0) is 4.74 Å². The van der Waals surface area contributed by atoms with Gasteiger partial charge in [0.1, 0.15) is 11.6 Å². The predicted molar refractivity (Wildman–Crippen MR) is 60.5 cm³/mol. The van der Waals surface area contributed by atoms with Gasteiger partial charge in [-0.25, -0.2) is 4.98 Å². The number of pyridine rings is 1. The number of hydrogen-bond acceptors (Lipinski definition) is 5. The molecule has 5 nitrogen and oxygen atoms in total. The Morgan fingerprint density at radius 2 is 2.27 bits per heavy atom. The van der Waals surface area contributed by atoms with Crippen molar-refractivity contribution >= 4 is 17.3 Å². The average Bonchev–Trinajstić information content (AvgIpc) is 2.59. The fourth-order valence-corrected chi connectivity index (χ4v) is 1.68. The van der Waals surface area contributed by atoms with Crippen LogP contribution < -0.4 is 16.8 Å². The van der Waals surface area contributed by atoms with E-state index in [0.29, 0.717) is 17.5 Å². The molecule has 1 aromatic heterocycles. The van der Waals surface area contributed by atoms with Crippen LogP contribution in [0.2, 0.25) is 0 Å². The summed E-state index contributed by atoms with van der Waals surface area (Å²) in [5.74, 6) is 1.12. The molecule has 1 fully saturated rings. The van der Waals surface area contributed by atoms with Crippen LogP contribution in [0.3, 0.4) is 0 Å². The quantitative estimate of drug-likeness (QED) is 0.670. The summed E-state index contributed by atoms with van der Waals surface area (Å²) in [6.07, 6.45) is 1.21. The van der Waals surface area contributed by atoms with Crippen molar-refractivity contribution in [2.75, 3.05) is 23.4 Å². The molecular weight excluding hydrogens is 192 g/mol. The molecule has 5 N–H and O–H groups in total. The maximum Gasteiger partial charge on any atom is 0.149 e. The third kappa shape index (κ3) is 2.12. The number of hydrogen-bond donors (Lipinski definition) is 3. The highest BCUT2D eigenvalue weighted by Crippen LogP contribution is 2.20. The van der Waals surface area contributed by atoms with E-state index in [9.17, 15) is 0 Å². The Kier molecular flexibility index (Phi) is 2.64. The minimum absolute atomic E-state index is 0.213. The third-order valence-electron chi connectivity index (χ3n) is 2.67. The van der Waals surface area contributed by atoms with Gasteiger partial charge in [-0.3, -0.25) is 0 Å². The topological polar surface area (TPSA) is 86.2 Å². The van der Waals surface area contributed by atoms with Crippen molar-refractivity contribution in [3.05, 3.63) is 12.1 Å². The monoisotopic (exact) mass is 208 g/mol. The summed E-state index contributed by atoms with van der Waals surface area (Å²) in [4.78, 5) is 4.16. The van der Waals surface area contributed by atoms with Gasteiger partial charge < -0.3 is 21.5 Å². The predicted octanol–water partition coefficient (Wildman–Crippen LogP) is 0.835. The van der Waals surface area contributed by atoms with E-state index in [2.05, 4.69) is 10.3 Å². The lowest BCUT2D eigenvalue weighted by atomic mass is 10.1. The number of nitrogens with two attached hydrogens (primary N) is 2. The Balaban J connectivity index is 2.07. The molecule has 5 heteroatoms. The number of ether oxygens (including phenoxy) is 1. The molecule has 0 saturated carbocycles. The Morgan fingerprint density at radius 3 is 2.87 bits per heavy atom. The molecule has 1 aliphatic heterocycles. The fourth-order valence-electron chi connectivity index (χ4n) is 1.68. The van der Waals surface area contributed by atoms with Crippen LogP contribution in [0.25, 0.3) is 0 Å². The van der Waals surface area contributed by atoms with E-state index in [-0.39, 0.29) is 6.10 Å². The van der Waals surface area contributed by atoms with Crippen LogP contribution in [0.5, 0.6) is 0 Å². The number of rotatable bonds is 2. The van der Waals surface area contributed by atoms with E-state index in [1.54, 1.807) is 6.07 Å².